The third kappa shape index (κ3) is 3.92. The first-order valence-electron chi connectivity index (χ1n) is 7.34. The lowest BCUT2D eigenvalue weighted by atomic mass is 9.83. The van der Waals surface area contributed by atoms with E-state index in [0.29, 0.717) is 23.7 Å². The number of Topliss-reactive ketones (excluding diaryl/α,β-unsaturated/α-hetero) is 1. The molecule has 0 aliphatic heterocycles. The highest BCUT2D eigenvalue weighted by Crippen LogP contribution is 2.28. The lowest BCUT2D eigenvalue weighted by Crippen LogP contribution is -2.19. The zero-order valence-electron chi connectivity index (χ0n) is 12.2. The Kier molecular flexibility index (Phi) is 4.94. The van der Waals surface area contributed by atoms with Gasteiger partial charge < -0.3 is 4.74 Å². The minimum absolute atomic E-state index is 0.00115. The van der Waals surface area contributed by atoms with E-state index in [1.165, 1.54) is 19.8 Å². The van der Waals surface area contributed by atoms with Crippen molar-refractivity contribution in [2.45, 2.75) is 39.5 Å². The van der Waals surface area contributed by atoms with Crippen LogP contribution in [0.4, 0.5) is 0 Å². The lowest BCUT2D eigenvalue weighted by molar-refractivity contribution is 0.0398. The largest absolute Gasteiger partial charge is 0.462 e. The van der Waals surface area contributed by atoms with Crippen molar-refractivity contribution in [3.63, 3.8) is 0 Å². The second kappa shape index (κ2) is 6.69. The molecule has 1 aliphatic rings. The van der Waals surface area contributed by atoms with Crippen molar-refractivity contribution >= 4 is 11.8 Å². The van der Waals surface area contributed by atoms with Gasteiger partial charge in [0.1, 0.15) is 0 Å². The fraction of sp³-hybridized carbons (Fsp3) is 0.529. The maximum absolute atomic E-state index is 11.9. The van der Waals surface area contributed by atoms with E-state index in [1.807, 2.05) is 0 Å². The Labute approximate surface area is 120 Å². The first-order valence-corrected chi connectivity index (χ1v) is 7.34. The van der Waals surface area contributed by atoms with E-state index in [-0.39, 0.29) is 11.8 Å². The molecule has 0 heterocycles. The zero-order valence-corrected chi connectivity index (χ0v) is 12.2. The number of rotatable bonds is 4. The SMILES string of the molecule is CC(=O)c1ccc(C(=O)OCC2CCC(C)CC2)cc1. The Morgan fingerprint density at radius 2 is 1.60 bits per heavy atom. The van der Waals surface area contributed by atoms with Crippen LogP contribution in [0.5, 0.6) is 0 Å². The van der Waals surface area contributed by atoms with Gasteiger partial charge in [0.15, 0.2) is 5.78 Å². The monoisotopic (exact) mass is 274 g/mol. The summed E-state index contributed by atoms with van der Waals surface area (Å²) in [5.74, 6) is 1.02. The second-order valence-corrected chi connectivity index (χ2v) is 5.86. The summed E-state index contributed by atoms with van der Waals surface area (Å²) in [6, 6.07) is 6.65. The standard InChI is InChI=1S/C17H22O3/c1-12-3-5-14(6-4-12)11-20-17(19)16-9-7-15(8-10-16)13(2)18/h7-10,12,14H,3-6,11H2,1-2H3. The van der Waals surface area contributed by atoms with Crippen molar-refractivity contribution in [1.82, 2.24) is 0 Å². The molecule has 1 fully saturated rings. The molecule has 0 radical (unpaired) electrons. The van der Waals surface area contributed by atoms with Crippen molar-refractivity contribution in [3.8, 4) is 0 Å². The molecule has 3 heteroatoms. The number of ether oxygens (including phenoxy) is 1. The van der Waals surface area contributed by atoms with Gasteiger partial charge in [0.25, 0.3) is 0 Å². The molecule has 3 nitrogen and oxygen atoms in total. The third-order valence-corrected chi connectivity index (χ3v) is 4.11. The molecule has 1 saturated carbocycles. The van der Waals surface area contributed by atoms with Crippen molar-refractivity contribution in [2.24, 2.45) is 11.8 Å². The predicted octanol–water partition coefficient (Wildman–Crippen LogP) is 3.87. The minimum Gasteiger partial charge on any atom is -0.462 e. The fourth-order valence-corrected chi connectivity index (χ4v) is 2.61. The number of ketones is 1. The van der Waals surface area contributed by atoms with E-state index in [2.05, 4.69) is 6.92 Å². The number of esters is 1. The van der Waals surface area contributed by atoms with Crippen molar-refractivity contribution in [2.75, 3.05) is 6.61 Å². The van der Waals surface area contributed by atoms with Gasteiger partial charge in [0, 0.05) is 5.56 Å². The van der Waals surface area contributed by atoms with Gasteiger partial charge in [-0.25, -0.2) is 4.79 Å². The Balaban J connectivity index is 1.84. The molecule has 0 atom stereocenters. The average Bonchev–Trinajstić information content (AvgIpc) is 2.46. The summed E-state index contributed by atoms with van der Waals surface area (Å²) in [6.07, 6.45) is 4.76. The van der Waals surface area contributed by atoms with Crippen LogP contribution in [0.25, 0.3) is 0 Å². The Morgan fingerprint density at radius 3 is 2.15 bits per heavy atom. The van der Waals surface area contributed by atoms with Gasteiger partial charge in [-0.3, -0.25) is 4.79 Å². The maximum Gasteiger partial charge on any atom is 0.338 e. The van der Waals surface area contributed by atoms with Crippen LogP contribution in [0.15, 0.2) is 24.3 Å². The summed E-state index contributed by atoms with van der Waals surface area (Å²) in [7, 11) is 0. The molecule has 2 rings (SSSR count). The van der Waals surface area contributed by atoms with Gasteiger partial charge in [-0.2, -0.15) is 0 Å². The number of carbonyl (C=O) groups excluding carboxylic acids is 2. The molecule has 0 spiro atoms. The Hall–Kier alpha value is -1.64. The van der Waals surface area contributed by atoms with E-state index in [1.54, 1.807) is 24.3 Å². The number of hydrogen-bond acceptors (Lipinski definition) is 3. The highest BCUT2D eigenvalue weighted by atomic mass is 16.5. The van der Waals surface area contributed by atoms with Crippen molar-refractivity contribution in [1.29, 1.82) is 0 Å². The summed E-state index contributed by atoms with van der Waals surface area (Å²) < 4.78 is 5.38. The molecule has 1 aromatic carbocycles. The van der Waals surface area contributed by atoms with Gasteiger partial charge in [-0.1, -0.05) is 31.9 Å². The predicted molar refractivity (Wildman–Crippen MR) is 77.9 cm³/mol. The maximum atomic E-state index is 11.9. The molecule has 0 unspecified atom stereocenters. The second-order valence-electron chi connectivity index (χ2n) is 5.86. The molecule has 0 bridgehead atoms. The molecular weight excluding hydrogens is 252 g/mol. The van der Waals surface area contributed by atoms with Crippen LogP contribution in [0.3, 0.4) is 0 Å². The fourth-order valence-electron chi connectivity index (χ4n) is 2.61. The quantitative estimate of drug-likeness (QED) is 0.618. The van der Waals surface area contributed by atoms with Gasteiger partial charge in [0.05, 0.1) is 12.2 Å². The Morgan fingerprint density at radius 1 is 1.05 bits per heavy atom. The molecule has 0 N–H and O–H groups in total. The Bertz CT molecular complexity index is 468. The first kappa shape index (κ1) is 14.8. The summed E-state index contributed by atoms with van der Waals surface area (Å²) >= 11 is 0. The molecule has 0 saturated heterocycles. The van der Waals surface area contributed by atoms with Crippen LogP contribution < -0.4 is 0 Å². The van der Waals surface area contributed by atoms with E-state index in [9.17, 15) is 9.59 Å². The molecule has 1 aromatic rings. The lowest BCUT2D eigenvalue weighted by Gasteiger charge is -2.25. The van der Waals surface area contributed by atoms with Gasteiger partial charge >= 0.3 is 5.97 Å². The number of carbonyl (C=O) groups is 2. The number of benzene rings is 1. The summed E-state index contributed by atoms with van der Waals surface area (Å²) in [6.45, 7) is 4.30. The zero-order chi connectivity index (χ0) is 14.5. The normalized spacial score (nSPS) is 22.3. The van der Waals surface area contributed by atoms with E-state index in [4.69, 9.17) is 4.74 Å². The molecule has 0 aromatic heterocycles. The van der Waals surface area contributed by atoms with Crippen molar-refractivity contribution < 1.29 is 14.3 Å². The molecular formula is C17H22O3. The molecule has 1 aliphatic carbocycles. The van der Waals surface area contributed by atoms with Crippen LogP contribution in [0.2, 0.25) is 0 Å². The summed E-state index contributed by atoms with van der Waals surface area (Å²) in [5, 5.41) is 0. The smallest absolute Gasteiger partial charge is 0.338 e. The van der Waals surface area contributed by atoms with Crippen LogP contribution in [0.1, 0.15) is 60.2 Å². The highest BCUT2D eigenvalue weighted by Gasteiger charge is 2.20. The molecule has 108 valence electrons. The van der Waals surface area contributed by atoms with Gasteiger partial charge in [0.2, 0.25) is 0 Å². The van der Waals surface area contributed by atoms with Gasteiger partial charge in [-0.05, 0) is 43.7 Å². The first-order chi connectivity index (χ1) is 9.56. The summed E-state index contributed by atoms with van der Waals surface area (Å²) in [4.78, 5) is 23.1. The van der Waals surface area contributed by atoms with E-state index in [0.717, 1.165) is 18.8 Å². The third-order valence-electron chi connectivity index (χ3n) is 4.11. The molecule has 20 heavy (non-hydrogen) atoms. The van der Waals surface area contributed by atoms with Crippen LogP contribution in [0, 0.1) is 11.8 Å². The van der Waals surface area contributed by atoms with Gasteiger partial charge in [-0.15, -0.1) is 0 Å². The average molecular weight is 274 g/mol. The topological polar surface area (TPSA) is 43.4 Å². The minimum atomic E-state index is -0.293. The van der Waals surface area contributed by atoms with E-state index >= 15 is 0 Å². The van der Waals surface area contributed by atoms with Crippen LogP contribution in [-0.4, -0.2) is 18.4 Å². The van der Waals surface area contributed by atoms with Crippen LogP contribution >= 0.6 is 0 Å². The van der Waals surface area contributed by atoms with Crippen LogP contribution in [-0.2, 0) is 4.74 Å². The summed E-state index contributed by atoms with van der Waals surface area (Å²) in [5.41, 5.74) is 1.13. The number of hydrogen-bond donors (Lipinski definition) is 0. The molecule has 0 amide bonds. The van der Waals surface area contributed by atoms with Crippen molar-refractivity contribution in [3.05, 3.63) is 35.4 Å². The highest BCUT2D eigenvalue weighted by molar-refractivity contribution is 5.96. The van der Waals surface area contributed by atoms with E-state index < -0.39 is 0 Å².